The molecular formula is C19H32N4O. The van der Waals surface area contributed by atoms with E-state index in [1.54, 1.807) is 0 Å². The fourth-order valence-corrected chi connectivity index (χ4v) is 2.13. The molecule has 5 heteroatoms. The first-order chi connectivity index (χ1) is 11.5. The van der Waals surface area contributed by atoms with Gasteiger partial charge in [0.1, 0.15) is 6.54 Å². The van der Waals surface area contributed by atoms with Crippen LogP contribution in [0.3, 0.4) is 0 Å². The van der Waals surface area contributed by atoms with Crippen LogP contribution in [0.4, 0.5) is 0 Å². The van der Waals surface area contributed by atoms with Crippen molar-refractivity contribution < 1.29 is 4.79 Å². The van der Waals surface area contributed by atoms with Crippen molar-refractivity contribution in [2.75, 3.05) is 19.6 Å². The van der Waals surface area contributed by atoms with Crippen molar-refractivity contribution in [3.05, 3.63) is 35.9 Å². The number of nitrogens with one attached hydrogen (secondary N) is 2. The summed E-state index contributed by atoms with van der Waals surface area (Å²) in [6.45, 7) is 12.7. The van der Waals surface area contributed by atoms with Gasteiger partial charge < -0.3 is 15.5 Å². The van der Waals surface area contributed by atoms with E-state index in [4.69, 9.17) is 0 Å². The van der Waals surface area contributed by atoms with Gasteiger partial charge in [-0.2, -0.15) is 0 Å². The average Bonchev–Trinajstić information content (AvgIpc) is 2.58. The minimum atomic E-state index is 0.0377. The van der Waals surface area contributed by atoms with E-state index < -0.39 is 0 Å². The molecule has 0 fully saturated rings. The average molecular weight is 332 g/mol. The van der Waals surface area contributed by atoms with Crippen molar-refractivity contribution in [1.29, 1.82) is 0 Å². The molecule has 1 rings (SSSR count). The SMILES string of the molecule is CCNC(=NCC(=O)N(CC)Cc1ccccc1)NC(C)C(C)C. The summed E-state index contributed by atoms with van der Waals surface area (Å²) in [5.41, 5.74) is 1.13. The lowest BCUT2D eigenvalue weighted by Crippen LogP contribution is -2.45. The van der Waals surface area contributed by atoms with E-state index in [1.807, 2.05) is 49.1 Å². The van der Waals surface area contributed by atoms with Gasteiger partial charge in [-0.3, -0.25) is 4.79 Å². The number of hydrogen-bond acceptors (Lipinski definition) is 2. The van der Waals surface area contributed by atoms with E-state index in [0.717, 1.165) is 12.1 Å². The van der Waals surface area contributed by atoms with E-state index in [2.05, 4.69) is 36.4 Å². The van der Waals surface area contributed by atoms with Gasteiger partial charge in [-0.05, 0) is 32.3 Å². The molecule has 0 bridgehead atoms. The molecule has 0 saturated heterocycles. The monoisotopic (exact) mass is 332 g/mol. The van der Waals surface area contributed by atoms with Gasteiger partial charge in [-0.1, -0.05) is 44.2 Å². The van der Waals surface area contributed by atoms with Crippen LogP contribution in [-0.2, 0) is 11.3 Å². The number of carbonyl (C=O) groups excluding carboxylic acids is 1. The molecule has 1 atom stereocenters. The van der Waals surface area contributed by atoms with E-state index in [0.29, 0.717) is 31.0 Å². The Labute approximate surface area is 146 Å². The zero-order chi connectivity index (χ0) is 17.9. The second-order valence-electron chi connectivity index (χ2n) is 6.27. The first-order valence-corrected chi connectivity index (χ1v) is 8.84. The van der Waals surface area contributed by atoms with Gasteiger partial charge >= 0.3 is 0 Å². The molecule has 1 amide bonds. The zero-order valence-electron chi connectivity index (χ0n) is 15.7. The van der Waals surface area contributed by atoms with Crippen LogP contribution in [0, 0.1) is 5.92 Å². The summed E-state index contributed by atoms with van der Waals surface area (Å²) in [6, 6.07) is 10.3. The third kappa shape index (κ3) is 7.02. The van der Waals surface area contributed by atoms with Crippen molar-refractivity contribution in [3.8, 4) is 0 Å². The van der Waals surface area contributed by atoms with Gasteiger partial charge in [0, 0.05) is 25.7 Å². The lowest BCUT2D eigenvalue weighted by Gasteiger charge is -2.22. The first kappa shape index (κ1) is 20.0. The molecule has 1 aromatic carbocycles. The summed E-state index contributed by atoms with van der Waals surface area (Å²) >= 11 is 0. The smallest absolute Gasteiger partial charge is 0.244 e. The summed E-state index contributed by atoms with van der Waals surface area (Å²) in [4.78, 5) is 18.7. The summed E-state index contributed by atoms with van der Waals surface area (Å²) < 4.78 is 0. The van der Waals surface area contributed by atoms with E-state index >= 15 is 0 Å². The van der Waals surface area contributed by atoms with Gasteiger partial charge in [0.2, 0.25) is 5.91 Å². The topological polar surface area (TPSA) is 56.7 Å². The summed E-state index contributed by atoms with van der Waals surface area (Å²) in [6.07, 6.45) is 0. The number of amides is 1. The second kappa shape index (κ2) is 10.7. The molecule has 0 aliphatic heterocycles. The Morgan fingerprint density at radius 2 is 1.83 bits per heavy atom. The number of carbonyl (C=O) groups is 1. The summed E-state index contributed by atoms with van der Waals surface area (Å²) in [5, 5.41) is 6.55. The minimum absolute atomic E-state index is 0.0377. The third-order valence-electron chi connectivity index (χ3n) is 4.03. The van der Waals surface area contributed by atoms with Gasteiger partial charge in [-0.15, -0.1) is 0 Å². The van der Waals surface area contributed by atoms with E-state index in [9.17, 15) is 4.79 Å². The fraction of sp³-hybridized carbons (Fsp3) is 0.579. The highest BCUT2D eigenvalue weighted by Gasteiger charge is 2.13. The quantitative estimate of drug-likeness (QED) is 0.568. The predicted molar refractivity (Wildman–Crippen MR) is 101 cm³/mol. The van der Waals surface area contributed by atoms with Crippen LogP contribution in [-0.4, -0.2) is 42.4 Å². The highest BCUT2D eigenvalue weighted by molar-refractivity contribution is 5.85. The number of rotatable bonds is 8. The maximum absolute atomic E-state index is 12.5. The first-order valence-electron chi connectivity index (χ1n) is 8.84. The van der Waals surface area contributed by atoms with Crippen molar-refractivity contribution in [2.24, 2.45) is 10.9 Å². The Hall–Kier alpha value is -2.04. The molecule has 134 valence electrons. The molecule has 1 aromatic rings. The standard InChI is InChI=1S/C19H32N4O/c1-6-20-19(22-16(5)15(3)4)21-13-18(24)23(7-2)14-17-11-9-8-10-12-17/h8-12,15-16H,6-7,13-14H2,1-5H3,(H2,20,21,22). The summed E-state index contributed by atoms with van der Waals surface area (Å²) in [5.74, 6) is 1.23. The molecule has 1 unspecified atom stereocenters. The Bertz CT molecular complexity index is 513. The Balaban J connectivity index is 2.66. The minimum Gasteiger partial charge on any atom is -0.357 e. The number of guanidine groups is 1. The maximum atomic E-state index is 12.5. The van der Waals surface area contributed by atoms with Crippen LogP contribution < -0.4 is 10.6 Å². The zero-order valence-corrected chi connectivity index (χ0v) is 15.7. The van der Waals surface area contributed by atoms with Gasteiger partial charge in [0.05, 0.1) is 0 Å². The molecule has 0 heterocycles. The molecule has 5 nitrogen and oxygen atoms in total. The Morgan fingerprint density at radius 1 is 1.17 bits per heavy atom. The lowest BCUT2D eigenvalue weighted by molar-refractivity contribution is -0.130. The molecule has 0 saturated carbocycles. The lowest BCUT2D eigenvalue weighted by atomic mass is 10.1. The van der Waals surface area contributed by atoms with Crippen molar-refractivity contribution in [3.63, 3.8) is 0 Å². The Kier molecular flexibility index (Phi) is 8.90. The fourth-order valence-electron chi connectivity index (χ4n) is 2.13. The molecule has 0 aromatic heterocycles. The molecule has 0 aliphatic rings. The van der Waals surface area contributed by atoms with Crippen molar-refractivity contribution >= 4 is 11.9 Å². The van der Waals surface area contributed by atoms with Crippen LogP contribution in [0.15, 0.2) is 35.3 Å². The molecule has 0 spiro atoms. The number of likely N-dealkylation sites (N-methyl/N-ethyl adjacent to an activating group) is 1. The molecule has 2 N–H and O–H groups in total. The maximum Gasteiger partial charge on any atom is 0.244 e. The highest BCUT2D eigenvalue weighted by Crippen LogP contribution is 2.05. The molecular weight excluding hydrogens is 300 g/mol. The van der Waals surface area contributed by atoms with Gasteiger partial charge in [-0.25, -0.2) is 4.99 Å². The summed E-state index contributed by atoms with van der Waals surface area (Å²) in [7, 11) is 0. The van der Waals surface area contributed by atoms with E-state index in [1.165, 1.54) is 0 Å². The predicted octanol–water partition coefficient (Wildman–Crippen LogP) is 2.63. The normalized spacial score (nSPS) is 12.8. The van der Waals surface area contributed by atoms with E-state index in [-0.39, 0.29) is 12.5 Å². The van der Waals surface area contributed by atoms with Gasteiger partial charge in [0.25, 0.3) is 0 Å². The number of benzene rings is 1. The molecule has 0 aliphatic carbocycles. The number of nitrogens with zero attached hydrogens (tertiary/aromatic N) is 2. The van der Waals surface area contributed by atoms with Crippen LogP contribution in [0.25, 0.3) is 0 Å². The molecule has 0 radical (unpaired) electrons. The Morgan fingerprint density at radius 3 is 2.38 bits per heavy atom. The second-order valence-corrected chi connectivity index (χ2v) is 6.27. The van der Waals surface area contributed by atoms with Crippen LogP contribution in [0.2, 0.25) is 0 Å². The third-order valence-corrected chi connectivity index (χ3v) is 4.03. The molecule has 24 heavy (non-hydrogen) atoms. The van der Waals surface area contributed by atoms with Crippen LogP contribution >= 0.6 is 0 Å². The number of aliphatic imine (C=N–C) groups is 1. The van der Waals surface area contributed by atoms with Gasteiger partial charge in [0.15, 0.2) is 5.96 Å². The number of hydrogen-bond donors (Lipinski definition) is 2. The van der Waals surface area contributed by atoms with Crippen molar-refractivity contribution in [1.82, 2.24) is 15.5 Å². The van der Waals surface area contributed by atoms with Crippen molar-refractivity contribution in [2.45, 2.75) is 47.2 Å². The largest absolute Gasteiger partial charge is 0.357 e. The highest BCUT2D eigenvalue weighted by atomic mass is 16.2. The van der Waals surface area contributed by atoms with Crippen LogP contribution in [0.5, 0.6) is 0 Å². The van der Waals surface area contributed by atoms with Crippen LogP contribution in [0.1, 0.15) is 40.2 Å².